The number of carbonyl (C=O) groups is 2. The molecule has 10 nitrogen and oxygen atoms in total. The van der Waals surface area contributed by atoms with Gasteiger partial charge in [0, 0.05) is 51.6 Å². The van der Waals surface area contributed by atoms with Crippen LogP contribution in [-0.4, -0.2) is 45.6 Å². The van der Waals surface area contributed by atoms with E-state index in [1.807, 2.05) is 47.0 Å². The summed E-state index contributed by atoms with van der Waals surface area (Å²) in [5.74, 6) is 1.33. The summed E-state index contributed by atoms with van der Waals surface area (Å²) < 4.78 is 7.54. The second-order valence-corrected chi connectivity index (χ2v) is 9.39. The number of nitrogens with one attached hydrogen (secondary N) is 2. The van der Waals surface area contributed by atoms with Crippen molar-refractivity contribution in [2.75, 3.05) is 24.3 Å². The van der Waals surface area contributed by atoms with Crippen molar-refractivity contribution in [2.45, 2.75) is 19.9 Å². The van der Waals surface area contributed by atoms with E-state index in [0.29, 0.717) is 46.6 Å². The van der Waals surface area contributed by atoms with Crippen molar-refractivity contribution in [3.8, 4) is 10.6 Å². The number of hydrogen-bond donors (Lipinski definition) is 2. The molecule has 0 aliphatic carbocycles. The third-order valence-electron chi connectivity index (χ3n) is 5.87. The molecule has 0 aliphatic rings. The number of urea groups is 1. The number of aryl methyl sites for hydroxylation is 3. The van der Waals surface area contributed by atoms with E-state index in [1.165, 1.54) is 16.2 Å². The molecule has 37 heavy (non-hydrogen) atoms. The fraction of sp³-hybridized carbons (Fsp3) is 0.192. The number of imidazole rings is 1. The predicted molar refractivity (Wildman–Crippen MR) is 143 cm³/mol. The van der Waals surface area contributed by atoms with Gasteiger partial charge in [-0.3, -0.25) is 20.0 Å². The van der Waals surface area contributed by atoms with Crippen LogP contribution >= 0.6 is 11.3 Å². The Morgan fingerprint density at radius 2 is 2.00 bits per heavy atom. The molecule has 5 rings (SSSR count). The molecule has 4 aromatic heterocycles. The van der Waals surface area contributed by atoms with Gasteiger partial charge in [0.1, 0.15) is 0 Å². The second kappa shape index (κ2) is 10.2. The molecule has 0 saturated carbocycles. The lowest BCUT2D eigenvalue weighted by Crippen LogP contribution is -2.34. The highest BCUT2D eigenvalue weighted by Gasteiger charge is 2.19. The Labute approximate surface area is 217 Å². The van der Waals surface area contributed by atoms with Crippen LogP contribution in [0.15, 0.2) is 65.3 Å². The van der Waals surface area contributed by atoms with Crippen molar-refractivity contribution in [3.63, 3.8) is 0 Å². The van der Waals surface area contributed by atoms with Gasteiger partial charge in [0.25, 0.3) is 5.91 Å². The lowest BCUT2D eigenvalue weighted by atomic mass is 10.2. The predicted octanol–water partition coefficient (Wildman–Crippen LogP) is 4.73. The Bertz CT molecular complexity index is 1570. The number of carbonyl (C=O) groups excluding carboxylic acids is 2. The van der Waals surface area contributed by atoms with E-state index >= 15 is 0 Å². The zero-order chi connectivity index (χ0) is 25.9. The maximum atomic E-state index is 13.2. The first-order valence-corrected chi connectivity index (χ1v) is 12.4. The first-order valence-electron chi connectivity index (χ1n) is 11.6. The zero-order valence-electron chi connectivity index (χ0n) is 20.6. The number of benzene rings is 1. The summed E-state index contributed by atoms with van der Waals surface area (Å²) in [7, 11) is 3.27. The number of fused-ring (bicyclic) bond motifs is 1. The number of amides is 3. The summed E-state index contributed by atoms with van der Waals surface area (Å²) in [5.41, 5.74) is 3.12. The van der Waals surface area contributed by atoms with Crippen LogP contribution in [0.5, 0.6) is 0 Å². The first-order chi connectivity index (χ1) is 17.9. The number of pyridine rings is 1. The largest absolute Gasteiger partial charge is 0.440 e. The van der Waals surface area contributed by atoms with E-state index in [-0.39, 0.29) is 11.9 Å². The van der Waals surface area contributed by atoms with E-state index in [2.05, 4.69) is 20.6 Å². The second-order valence-electron chi connectivity index (χ2n) is 8.31. The normalized spacial score (nSPS) is 11.0. The summed E-state index contributed by atoms with van der Waals surface area (Å²) in [6, 6.07) is 14.7. The topological polar surface area (TPSA) is 118 Å². The van der Waals surface area contributed by atoms with E-state index < -0.39 is 0 Å². The quantitative estimate of drug-likeness (QED) is 0.324. The number of thiophene rings is 1. The SMILES string of the molecule is CNC(=O)N(C)c1ccc2c(c1)nc(NC(=O)c1ccc(-c3cnc(C)o3)s1)n2CCc1ccccn1. The Kier molecular flexibility index (Phi) is 6.69. The Hall–Kier alpha value is -4.51. The molecule has 4 heterocycles. The number of nitrogens with zero attached hydrogens (tertiary/aromatic N) is 5. The molecule has 0 saturated heterocycles. The van der Waals surface area contributed by atoms with Gasteiger partial charge >= 0.3 is 6.03 Å². The molecule has 0 unspecified atom stereocenters. The Morgan fingerprint density at radius 3 is 2.73 bits per heavy atom. The Balaban J connectivity index is 1.46. The van der Waals surface area contributed by atoms with Gasteiger partial charge in [-0.25, -0.2) is 14.8 Å². The summed E-state index contributed by atoms with van der Waals surface area (Å²) in [4.78, 5) is 41.4. The molecule has 188 valence electrons. The first kappa shape index (κ1) is 24.2. The molecule has 0 atom stereocenters. The highest BCUT2D eigenvalue weighted by atomic mass is 32.1. The molecular weight excluding hydrogens is 490 g/mol. The summed E-state index contributed by atoms with van der Waals surface area (Å²) in [5, 5.41) is 5.58. The van der Waals surface area contributed by atoms with Gasteiger partial charge in [0.05, 0.1) is 27.0 Å². The van der Waals surface area contributed by atoms with Crippen LogP contribution < -0.4 is 15.5 Å². The van der Waals surface area contributed by atoms with E-state index in [4.69, 9.17) is 9.40 Å². The third-order valence-corrected chi connectivity index (χ3v) is 6.97. The average Bonchev–Trinajstić information content (AvgIpc) is 3.65. The van der Waals surface area contributed by atoms with Crippen LogP contribution in [0.2, 0.25) is 0 Å². The van der Waals surface area contributed by atoms with E-state index in [1.54, 1.807) is 39.5 Å². The van der Waals surface area contributed by atoms with Crippen molar-refractivity contribution in [1.82, 2.24) is 24.8 Å². The minimum Gasteiger partial charge on any atom is -0.440 e. The molecule has 11 heteroatoms. The van der Waals surface area contributed by atoms with Crippen LogP contribution in [-0.2, 0) is 13.0 Å². The molecule has 0 spiro atoms. The molecule has 0 radical (unpaired) electrons. The number of hydrogen-bond acceptors (Lipinski definition) is 7. The van der Waals surface area contributed by atoms with Gasteiger partial charge in [-0.1, -0.05) is 6.07 Å². The molecule has 2 N–H and O–H groups in total. The van der Waals surface area contributed by atoms with Gasteiger partial charge < -0.3 is 14.3 Å². The van der Waals surface area contributed by atoms with Gasteiger partial charge in [-0.15, -0.1) is 11.3 Å². The minimum atomic E-state index is -0.274. The van der Waals surface area contributed by atoms with Gasteiger partial charge in [0.2, 0.25) is 5.95 Å². The zero-order valence-corrected chi connectivity index (χ0v) is 21.4. The monoisotopic (exact) mass is 515 g/mol. The maximum absolute atomic E-state index is 13.2. The summed E-state index contributed by atoms with van der Waals surface area (Å²) >= 11 is 1.32. The molecule has 0 bridgehead atoms. The minimum absolute atomic E-state index is 0.238. The summed E-state index contributed by atoms with van der Waals surface area (Å²) in [6.07, 6.45) is 4.06. The smallest absolute Gasteiger partial charge is 0.321 e. The van der Waals surface area contributed by atoms with Crippen LogP contribution in [0.4, 0.5) is 16.4 Å². The molecule has 1 aromatic carbocycles. The molecule has 0 aliphatic heterocycles. The third kappa shape index (κ3) is 5.07. The highest BCUT2D eigenvalue weighted by Crippen LogP contribution is 2.30. The standard InChI is InChI=1S/C26H25N7O3S/c1-16-29-15-21(36-16)22-9-10-23(37-22)24(34)31-25-30-19-14-18(32(3)26(35)27-2)7-8-20(19)33(25)13-11-17-6-4-5-12-28-17/h4-10,12,14-15H,11,13H2,1-3H3,(H,27,35)(H,30,31,34). The van der Waals surface area contributed by atoms with E-state index in [9.17, 15) is 9.59 Å². The van der Waals surface area contributed by atoms with Gasteiger partial charge in [-0.05, 0) is 42.5 Å². The Morgan fingerprint density at radius 1 is 1.14 bits per heavy atom. The number of anilines is 2. The summed E-state index contributed by atoms with van der Waals surface area (Å²) in [6.45, 7) is 2.33. The van der Waals surface area contributed by atoms with Crippen LogP contribution in [0.1, 0.15) is 21.3 Å². The molecule has 3 amide bonds. The number of rotatable bonds is 7. The van der Waals surface area contributed by atoms with E-state index in [0.717, 1.165) is 16.1 Å². The van der Waals surface area contributed by atoms with Crippen molar-refractivity contribution in [1.29, 1.82) is 0 Å². The van der Waals surface area contributed by atoms with Gasteiger partial charge in [-0.2, -0.15) is 0 Å². The average molecular weight is 516 g/mol. The molecule has 0 fully saturated rings. The van der Waals surface area contributed by atoms with Crippen LogP contribution in [0.3, 0.4) is 0 Å². The van der Waals surface area contributed by atoms with Gasteiger partial charge in [0.15, 0.2) is 11.7 Å². The van der Waals surface area contributed by atoms with Crippen molar-refractivity contribution in [2.24, 2.45) is 0 Å². The number of oxazole rings is 1. The van der Waals surface area contributed by atoms with Crippen molar-refractivity contribution in [3.05, 3.63) is 77.4 Å². The van der Waals surface area contributed by atoms with Crippen LogP contribution in [0.25, 0.3) is 21.7 Å². The van der Waals surface area contributed by atoms with Crippen molar-refractivity contribution >= 4 is 45.9 Å². The lowest BCUT2D eigenvalue weighted by molar-refractivity contribution is 0.102. The number of aromatic nitrogens is 4. The molecular formula is C26H25N7O3S. The van der Waals surface area contributed by atoms with Crippen LogP contribution in [0, 0.1) is 6.92 Å². The highest BCUT2D eigenvalue weighted by molar-refractivity contribution is 7.17. The van der Waals surface area contributed by atoms with Crippen molar-refractivity contribution < 1.29 is 14.0 Å². The lowest BCUT2D eigenvalue weighted by Gasteiger charge is -2.16. The fourth-order valence-corrected chi connectivity index (χ4v) is 4.78. The maximum Gasteiger partial charge on any atom is 0.321 e. The fourth-order valence-electron chi connectivity index (χ4n) is 3.94. The molecule has 5 aromatic rings.